The minimum Gasteiger partial charge on any atom is -0.790 e. The molecule has 0 saturated carbocycles. The first kappa shape index (κ1) is 16.1. The predicted octanol–water partition coefficient (Wildman–Crippen LogP) is -3.09. The minimum absolute atomic E-state index is 0.0222. The van der Waals surface area contributed by atoms with E-state index in [1.165, 1.54) is 10.9 Å². The Balaban J connectivity index is 1.85. The van der Waals surface area contributed by atoms with Crippen molar-refractivity contribution in [1.82, 2.24) is 19.5 Å². The van der Waals surface area contributed by atoms with Crippen molar-refractivity contribution in [3.8, 4) is 0 Å². The lowest BCUT2D eigenvalue weighted by Crippen LogP contribution is -2.29. The van der Waals surface area contributed by atoms with E-state index in [1.807, 2.05) is 4.98 Å². The summed E-state index contributed by atoms with van der Waals surface area (Å²) in [7, 11) is -5.18. The first-order chi connectivity index (χ1) is 10.7. The highest BCUT2D eigenvalue weighted by atomic mass is 31.2. The van der Waals surface area contributed by atoms with Crippen molar-refractivity contribution >= 4 is 19.0 Å². The number of rotatable bonds is 4. The van der Waals surface area contributed by atoms with E-state index in [4.69, 9.17) is 4.74 Å². The van der Waals surface area contributed by atoms with Crippen molar-refractivity contribution in [3.05, 3.63) is 27.2 Å². The van der Waals surface area contributed by atoms with Crippen molar-refractivity contribution in [3.63, 3.8) is 0 Å². The van der Waals surface area contributed by atoms with Gasteiger partial charge in [-0.05, 0) is 0 Å². The van der Waals surface area contributed by atoms with Gasteiger partial charge in [0.25, 0.3) is 5.56 Å². The van der Waals surface area contributed by atoms with Gasteiger partial charge in [0, 0.05) is 6.42 Å². The summed E-state index contributed by atoms with van der Waals surface area (Å²) in [5, 5.41) is 9.86. The Morgan fingerprint density at radius 3 is 2.91 bits per heavy atom. The number of aromatic amines is 2. The van der Waals surface area contributed by atoms with Gasteiger partial charge in [0.2, 0.25) is 0 Å². The lowest BCUT2D eigenvalue weighted by molar-refractivity contribution is -0.343. The van der Waals surface area contributed by atoms with Crippen molar-refractivity contribution in [1.29, 1.82) is 0 Å². The highest BCUT2D eigenvalue weighted by molar-refractivity contribution is 7.43. The largest absolute Gasteiger partial charge is 0.790 e. The van der Waals surface area contributed by atoms with Crippen LogP contribution in [0.15, 0.2) is 15.9 Å². The molecule has 1 saturated heterocycles. The van der Waals surface area contributed by atoms with Crippen molar-refractivity contribution < 1.29 is 28.7 Å². The Kier molecular flexibility index (Phi) is 3.96. The quantitative estimate of drug-likeness (QED) is 0.482. The maximum absolute atomic E-state index is 11.6. The van der Waals surface area contributed by atoms with Crippen LogP contribution in [-0.2, 0) is 13.8 Å². The third-order valence-corrected chi connectivity index (χ3v) is 3.84. The Hall–Kier alpha value is -1.82. The Morgan fingerprint density at radius 2 is 2.22 bits per heavy atom. The third kappa shape index (κ3) is 3.27. The van der Waals surface area contributed by atoms with Crippen LogP contribution in [0.5, 0.6) is 0 Å². The molecule has 3 unspecified atom stereocenters. The molecule has 0 spiro atoms. The average Bonchev–Trinajstić information content (AvgIpc) is 2.99. The molecule has 2 aromatic heterocycles. The van der Waals surface area contributed by atoms with Gasteiger partial charge >= 0.3 is 5.69 Å². The molecule has 0 aliphatic carbocycles. The molecule has 13 heteroatoms. The molecule has 3 rings (SSSR count). The molecule has 0 amide bonds. The standard InChI is InChI=1S/C10H13N4O8P/c15-4-1-6(22-5(4)2-21-23(18,19)20)14-3-11-7-8(14)12-10(17)13-9(7)16/h3-6,15H,1-2H2,(H2,18,19,20)(H2,12,13,16,17)/p-2. The molecule has 3 atom stereocenters. The van der Waals surface area contributed by atoms with Gasteiger partial charge in [0.1, 0.15) is 18.0 Å². The summed E-state index contributed by atoms with van der Waals surface area (Å²) in [5.74, 6) is 0. The molecule has 0 aromatic carbocycles. The fraction of sp³-hybridized carbons (Fsp3) is 0.500. The highest BCUT2D eigenvalue weighted by Gasteiger charge is 2.36. The Bertz CT molecular complexity index is 881. The van der Waals surface area contributed by atoms with Gasteiger partial charge in [0.15, 0.2) is 5.52 Å². The second-order valence-electron chi connectivity index (χ2n) is 4.93. The summed E-state index contributed by atoms with van der Waals surface area (Å²) >= 11 is 0. The lowest BCUT2D eigenvalue weighted by atomic mass is 10.2. The zero-order valence-electron chi connectivity index (χ0n) is 11.4. The van der Waals surface area contributed by atoms with E-state index in [-0.39, 0.29) is 17.6 Å². The van der Waals surface area contributed by atoms with Gasteiger partial charge in [0.05, 0.1) is 26.9 Å². The lowest BCUT2D eigenvalue weighted by Gasteiger charge is -2.30. The summed E-state index contributed by atoms with van der Waals surface area (Å²) in [5.41, 5.74) is -1.34. The normalized spacial score (nSPS) is 25.3. The van der Waals surface area contributed by atoms with Crippen molar-refractivity contribution in [2.75, 3.05) is 6.61 Å². The SMILES string of the molecule is O=c1[nH]c(=O)c2ncn(C3CC(O)C(COP(=O)([O-])[O-])O3)c2[nH]1. The zero-order chi connectivity index (χ0) is 16.8. The van der Waals surface area contributed by atoms with Gasteiger partial charge in [-0.25, -0.2) is 9.78 Å². The second kappa shape index (κ2) is 5.67. The van der Waals surface area contributed by atoms with E-state index < -0.39 is 44.1 Å². The fourth-order valence-electron chi connectivity index (χ4n) is 2.37. The number of ether oxygens (including phenoxy) is 1. The average molecular weight is 346 g/mol. The first-order valence-electron chi connectivity index (χ1n) is 6.44. The number of hydrogen-bond acceptors (Lipinski definition) is 9. The number of H-pyrrole nitrogens is 2. The molecule has 1 aliphatic rings. The number of aliphatic hydroxyl groups excluding tert-OH is 1. The summed E-state index contributed by atoms with van der Waals surface area (Å²) < 4.78 is 21.3. The van der Waals surface area contributed by atoms with E-state index in [9.17, 15) is 29.0 Å². The van der Waals surface area contributed by atoms with Crippen LogP contribution < -0.4 is 21.0 Å². The molecule has 12 nitrogen and oxygen atoms in total. The molecular weight excluding hydrogens is 335 g/mol. The van der Waals surface area contributed by atoms with E-state index in [0.717, 1.165) is 0 Å². The Morgan fingerprint density at radius 1 is 1.48 bits per heavy atom. The van der Waals surface area contributed by atoms with Crippen LogP contribution in [0.25, 0.3) is 11.2 Å². The van der Waals surface area contributed by atoms with Crippen LogP contribution in [0.1, 0.15) is 12.6 Å². The Labute approximate surface area is 126 Å². The number of phosphoric ester groups is 1. The van der Waals surface area contributed by atoms with Gasteiger partial charge in [-0.1, -0.05) is 0 Å². The number of aliphatic hydroxyl groups is 1. The smallest absolute Gasteiger partial charge is 0.327 e. The molecule has 0 bridgehead atoms. The van der Waals surface area contributed by atoms with Crippen LogP contribution >= 0.6 is 7.82 Å². The molecular formula is C10H11N4O8P-2. The molecule has 3 heterocycles. The number of aromatic nitrogens is 4. The maximum Gasteiger partial charge on any atom is 0.327 e. The molecule has 3 N–H and O–H groups in total. The van der Waals surface area contributed by atoms with Crippen LogP contribution in [-0.4, -0.2) is 43.4 Å². The van der Waals surface area contributed by atoms with Crippen LogP contribution in [0.2, 0.25) is 0 Å². The maximum atomic E-state index is 11.6. The number of hydrogen-bond donors (Lipinski definition) is 3. The van der Waals surface area contributed by atoms with E-state index in [0.29, 0.717) is 0 Å². The fourth-order valence-corrected chi connectivity index (χ4v) is 2.70. The van der Waals surface area contributed by atoms with E-state index in [2.05, 4.69) is 14.5 Å². The first-order valence-corrected chi connectivity index (χ1v) is 7.90. The molecule has 2 aromatic rings. The highest BCUT2D eigenvalue weighted by Crippen LogP contribution is 2.33. The summed E-state index contributed by atoms with van der Waals surface area (Å²) in [6.45, 7) is -0.633. The van der Waals surface area contributed by atoms with Crippen molar-refractivity contribution in [2.24, 2.45) is 0 Å². The van der Waals surface area contributed by atoms with E-state index in [1.54, 1.807) is 0 Å². The van der Waals surface area contributed by atoms with Crippen LogP contribution in [0.4, 0.5) is 0 Å². The molecule has 126 valence electrons. The van der Waals surface area contributed by atoms with Crippen molar-refractivity contribution in [2.45, 2.75) is 24.9 Å². The molecule has 23 heavy (non-hydrogen) atoms. The topological polar surface area (TPSA) is 185 Å². The van der Waals surface area contributed by atoms with Gasteiger partial charge in [-0.15, -0.1) is 0 Å². The zero-order valence-corrected chi connectivity index (χ0v) is 12.3. The number of imidazole rings is 1. The number of nitrogens with zero attached hydrogens (tertiary/aromatic N) is 2. The van der Waals surface area contributed by atoms with Crippen LogP contribution in [0, 0.1) is 0 Å². The monoisotopic (exact) mass is 346 g/mol. The molecule has 0 radical (unpaired) electrons. The molecule has 1 aliphatic heterocycles. The minimum atomic E-state index is -5.18. The summed E-state index contributed by atoms with van der Waals surface area (Å²) in [6, 6.07) is 0. The number of fused-ring (bicyclic) bond motifs is 1. The number of phosphoric acid groups is 1. The van der Waals surface area contributed by atoms with Gasteiger partial charge < -0.3 is 28.7 Å². The summed E-state index contributed by atoms with van der Waals surface area (Å²) in [4.78, 5) is 52.2. The third-order valence-electron chi connectivity index (χ3n) is 3.38. The number of nitrogens with one attached hydrogen (secondary N) is 2. The van der Waals surface area contributed by atoms with E-state index >= 15 is 0 Å². The second-order valence-corrected chi connectivity index (χ2v) is 6.09. The van der Waals surface area contributed by atoms with Crippen LogP contribution in [0.3, 0.4) is 0 Å². The predicted molar refractivity (Wildman–Crippen MR) is 69.1 cm³/mol. The summed E-state index contributed by atoms with van der Waals surface area (Å²) in [6.07, 6.45) is -1.71. The van der Waals surface area contributed by atoms with Gasteiger partial charge in [-0.3, -0.25) is 19.3 Å². The van der Waals surface area contributed by atoms with Gasteiger partial charge in [-0.2, -0.15) is 0 Å². The molecule has 1 fully saturated rings.